The van der Waals surface area contributed by atoms with E-state index in [1.165, 1.54) is 0 Å². The van der Waals surface area contributed by atoms with Crippen molar-refractivity contribution >= 4 is 29.5 Å². The number of rotatable bonds is 11. The van der Waals surface area contributed by atoms with Crippen molar-refractivity contribution in [2.75, 3.05) is 45.3 Å². The second-order valence-electron chi connectivity index (χ2n) is 8.68. The molecule has 8 nitrogen and oxygen atoms in total. The van der Waals surface area contributed by atoms with Crippen LogP contribution in [0.15, 0.2) is 35.5 Å². The number of hydrogen-bond acceptors (Lipinski definition) is 8. The highest BCUT2D eigenvalue weighted by Gasteiger charge is 2.29. The molecule has 1 amide bonds. The molecule has 0 N–H and O–H groups in total. The number of hydrogen-bond donors (Lipinski definition) is 0. The van der Waals surface area contributed by atoms with Gasteiger partial charge in [0.2, 0.25) is 0 Å². The number of piperidine rings is 1. The molecule has 0 aliphatic carbocycles. The second-order valence-corrected chi connectivity index (χ2v) is 9.63. The lowest BCUT2D eigenvalue weighted by molar-refractivity contribution is -0.149. The largest absolute Gasteiger partial charge is 0.466 e. The van der Waals surface area contributed by atoms with E-state index in [4.69, 9.17) is 14.5 Å². The summed E-state index contributed by atoms with van der Waals surface area (Å²) in [6, 6.07) is 9.62. The lowest BCUT2D eigenvalue weighted by Gasteiger charge is -2.31. The number of esters is 1. The molecule has 9 heteroatoms. The number of carbonyl (C=O) groups is 2. The van der Waals surface area contributed by atoms with Crippen LogP contribution in [0.25, 0.3) is 0 Å². The van der Waals surface area contributed by atoms with E-state index in [1.54, 1.807) is 30.7 Å². The molecule has 1 aromatic heterocycles. The van der Waals surface area contributed by atoms with Crippen LogP contribution in [-0.2, 0) is 26.6 Å². The molecule has 1 aliphatic heterocycles. The van der Waals surface area contributed by atoms with Gasteiger partial charge in [-0.2, -0.15) is 0 Å². The lowest BCUT2D eigenvalue weighted by Crippen LogP contribution is -2.42. The highest BCUT2D eigenvalue weighted by Crippen LogP contribution is 2.24. The Hall–Kier alpha value is -2.65. The standard InChI is InChI=1S/C26H36N4O4S/c1-5-13-29(3)23-15-22(17-33-4)27-26(28-23)35-18-19-9-11-20(12-10-19)24(31)30-14-7-8-21(16-30)25(32)34-6-2/h9-12,15,21H,5-8,13-14,16-18H2,1-4H3. The minimum absolute atomic E-state index is 0.0441. The van der Waals surface area contributed by atoms with E-state index in [0.717, 1.165) is 42.9 Å². The van der Waals surface area contributed by atoms with Crippen LogP contribution < -0.4 is 4.90 Å². The smallest absolute Gasteiger partial charge is 0.310 e. The molecule has 3 rings (SSSR count). The first-order valence-electron chi connectivity index (χ1n) is 12.2. The monoisotopic (exact) mass is 500 g/mol. The molecule has 1 saturated heterocycles. The number of likely N-dealkylation sites (tertiary alicyclic amines) is 1. The molecule has 0 spiro atoms. The van der Waals surface area contributed by atoms with Gasteiger partial charge >= 0.3 is 5.97 Å². The summed E-state index contributed by atoms with van der Waals surface area (Å²) in [4.78, 5) is 38.3. The van der Waals surface area contributed by atoms with Gasteiger partial charge in [-0.3, -0.25) is 9.59 Å². The van der Waals surface area contributed by atoms with Gasteiger partial charge in [0.25, 0.3) is 5.91 Å². The molecule has 1 aromatic carbocycles. The molecular formula is C26H36N4O4S. The fourth-order valence-corrected chi connectivity index (χ4v) is 4.91. The average Bonchev–Trinajstić information content (AvgIpc) is 2.88. The Labute approximate surface area is 212 Å². The van der Waals surface area contributed by atoms with Gasteiger partial charge in [0.1, 0.15) is 5.82 Å². The Morgan fingerprint density at radius 1 is 1.20 bits per heavy atom. The Bertz CT molecular complexity index is 986. The Kier molecular flexibility index (Phi) is 10.3. The summed E-state index contributed by atoms with van der Waals surface area (Å²) in [6.07, 6.45) is 2.61. The van der Waals surface area contributed by atoms with Crippen molar-refractivity contribution in [3.05, 3.63) is 47.2 Å². The summed E-state index contributed by atoms with van der Waals surface area (Å²) < 4.78 is 10.4. The van der Waals surface area contributed by atoms with Crippen LogP contribution in [0.4, 0.5) is 5.82 Å². The SMILES string of the molecule is CCCN(C)c1cc(COC)nc(SCc2ccc(C(=O)N3CCCC(C(=O)OCC)C3)cc2)n1. The fraction of sp³-hybridized carbons (Fsp3) is 0.538. The average molecular weight is 501 g/mol. The molecule has 2 aromatic rings. The van der Waals surface area contributed by atoms with Gasteiger partial charge in [0, 0.05) is 51.2 Å². The summed E-state index contributed by atoms with van der Waals surface area (Å²) in [6.45, 7) is 6.74. The first kappa shape index (κ1) is 26.9. The summed E-state index contributed by atoms with van der Waals surface area (Å²) in [5.41, 5.74) is 2.57. The number of amides is 1. The van der Waals surface area contributed by atoms with E-state index in [1.807, 2.05) is 37.4 Å². The van der Waals surface area contributed by atoms with Gasteiger partial charge < -0.3 is 19.3 Å². The molecule has 0 bridgehead atoms. The Morgan fingerprint density at radius 2 is 1.97 bits per heavy atom. The summed E-state index contributed by atoms with van der Waals surface area (Å²) in [5.74, 6) is 1.09. The maximum atomic E-state index is 13.0. The van der Waals surface area contributed by atoms with E-state index in [0.29, 0.717) is 42.8 Å². The van der Waals surface area contributed by atoms with E-state index in [9.17, 15) is 9.59 Å². The number of anilines is 1. The molecule has 0 saturated carbocycles. The zero-order valence-corrected chi connectivity index (χ0v) is 22.0. The molecule has 35 heavy (non-hydrogen) atoms. The third-order valence-electron chi connectivity index (χ3n) is 5.88. The van der Waals surface area contributed by atoms with E-state index < -0.39 is 0 Å². The molecule has 1 unspecified atom stereocenters. The fourth-order valence-electron chi connectivity index (χ4n) is 4.08. The number of thioether (sulfide) groups is 1. The van der Waals surface area contributed by atoms with Crippen LogP contribution in [0.2, 0.25) is 0 Å². The predicted octanol–water partition coefficient (Wildman–Crippen LogP) is 4.18. The minimum Gasteiger partial charge on any atom is -0.466 e. The van der Waals surface area contributed by atoms with Crippen LogP contribution in [0, 0.1) is 5.92 Å². The van der Waals surface area contributed by atoms with Gasteiger partial charge in [0.15, 0.2) is 5.16 Å². The zero-order chi connectivity index (χ0) is 25.2. The first-order valence-corrected chi connectivity index (χ1v) is 13.2. The summed E-state index contributed by atoms with van der Waals surface area (Å²) in [7, 11) is 3.69. The molecule has 1 aliphatic rings. The number of nitrogens with zero attached hydrogens (tertiary/aromatic N) is 4. The number of methoxy groups -OCH3 is 1. The Balaban J connectivity index is 1.62. The maximum Gasteiger partial charge on any atom is 0.310 e. The van der Waals surface area contributed by atoms with Crippen LogP contribution >= 0.6 is 11.8 Å². The van der Waals surface area contributed by atoms with Crippen molar-refractivity contribution in [1.82, 2.24) is 14.9 Å². The summed E-state index contributed by atoms with van der Waals surface area (Å²) in [5, 5.41) is 0.705. The van der Waals surface area contributed by atoms with Gasteiger partial charge in [-0.25, -0.2) is 9.97 Å². The molecule has 2 heterocycles. The first-order chi connectivity index (χ1) is 16.9. The Morgan fingerprint density at radius 3 is 2.66 bits per heavy atom. The van der Waals surface area contributed by atoms with Crippen molar-refractivity contribution in [2.45, 2.75) is 50.6 Å². The van der Waals surface area contributed by atoms with Gasteiger partial charge in [-0.05, 0) is 43.9 Å². The highest BCUT2D eigenvalue weighted by atomic mass is 32.2. The maximum absolute atomic E-state index is 13.0. The normalized spacial score (nSPS) is 15.7. The number of ether oxygens (including phenoxy) is 2. The number of aromatic nitrogens is 2. The third-order valence-corrected chi connectivity index (χ3v) is 6.80. The van der Waals surface area contributed by atoms with E-state index >= 15 is 0 Å². The van der Waals surface area contributed by atoms with Gasteiger partial charge in [0.05, 0.1) is 24.8 Å². The molecular weight excluding hydrogens is 464 g/mol. The highest BCUT2D eigenvalue weighted by molar-refractivity contribution is 7.98. The van der Waals surface area contributed by atoms with E-state index in [-0.39, 0.29) is 17.8 Å². The summed E-state index contributed by atoms with van der Waals surface area (Å²) >= 11 is 1.56. The van der Waals surface area contributed by atoms with Crippen LogP contribution in [0.5, 0.6) is 0 Å². The predicted molar refractivity (Wildman–Crippen MR) is 138 cm³/mol. The van der Waals surface area contributed by atoms with Gasteiger partial charge in [-0.1, -0.05) is 30.8 Å². The van der Waals surface area contributed by atoms with Crippen molar-refractivity contribution in [1.29, 1.82) is 0 Å². The lowest BCUT2D eigenvalue weighted by atomic mass is 9.97. The minimum atomic E-state index is -0.238. The van der Waals surface area contributed by atoms with E-state index in [2.05, 4.69) is 16.8 Å². The van der Waals surface area contributed by atoms with Crippen LogP contribution in [-0.4, -0.2) is 67.1 Å². The quantitative estimate of drug-likeness (QED) is 0.258. The zero-order valence-electron chi connectivity index (χ0n) is 21.2. The third kappa shape index (κ3) is 7.67. The topological polar surface area (TPSA) is 84.9 Å². The van der Waals surface area contributed by atoms with Crippen molar-refractivity contribution in [3.8, 4) is 0 Å². The molecule has 190 valence electrons. The molecule has 1 fully saturated rings. The molecule has 1 atom stereocenters. The van der Waals surface area contributed by atoms with Gasteiger partial charge in [-0.15, -0.1) is 0 Å². The van der Waals surface area contributed by atoms with Crippen molar-refractivity contribution < 1.29 is 19.1 Å². The second kappa shape index (κ2) is 13.4. The number of carbonyl (C=O) groups excluding carboxylic acids is 2. The van der Waals surface area contributed by atoms with Crippen molar-refractivity contribution in [2.24, 2.45) is 5.92 Å². The molecule has 0 radical (unpaired) electrons. The van der Waals surface area contributed by atoms with Crippen LogP contribution in [0.3, 0.4) is 0 Å². The van der Waals surface area contributed by atoms with Crippen LogP contribution in [0.1, 0.15) is 54.7 Å². The van der Waals surface area contributed by atoms with Crippen molar-refractivity contribution in [3.63, 3.8) is 0 Å². The number of benzene rings is 1.